The van der Waals surface area contributed by atoms with Crippen LogP contribution in [0.4, 0.5) is 16.2 Å². The molecule has 0 fully saturated rings. The van der Waals surface area contributed by atoms with E-state index in [1.54, 1.807) is 25.5 Å². The lowest BCUT2D eigenvalue weighted by molar-refractivity contribution is 0.252. The van der Waals surface area contributed by atoms with Crippen LogP contribution in [0.3, 0.4) is 0 Å². The SMILES string of the molecule is COc1ccccc1NC(=O)N/N=C/c1cc2c(cc1Cl)N(C)C(C)(C)C[C@H]2C. The van der Waals surface area contributed by atoms with Crippen LogP contribution in [0.2, 0.25) is 5.02 Å². The maximum atomic E-state index is 12.1. The van der Waals surface area contributed by atoms with Gasteiger partial charge < -0.3 is 15.0 Å². The summed E-state index contributed by atoms with van der Waals surface area (Å²) < 4.78 is 5.22. The number of benzene rings is 2. The molecule has 0 aliphatic carbocycles. The van der Waals surface area contributed by atoms with Crippen LogP contribution in [-0.4, -0.2) is 31.9 Å². The van der Waals surface area contributed by atoms with E-state index in [4.69, 9.17) is 16.3 Å². The van der Waals surface area contributed by atoms with Gasteiger partial charge in [0.05, 0.1) is 24.0 Å². The number of rotatable bonds is 4. The molecule has 0 saturated carbocycles. The molecule has 1 aliphatic heterocycles. The van der Waals surface area contributed by atoms with Crippen molar-refractivity contribution >= 4 is 35.2 Å². The molecule has 1 heterocycles. The number of hydrogen-bond acceptors (Lipinski definition) is 4. The molecule has 0 saturated heterocycles. The average molecular weight is 415 g/mol. The lowest BCUT2D eigenvalue weighted by atomic mass is 9.80. The molecule has 2 N–H and O–H groups in total. The number of ether oxygens (including phenoxy) is 1. The zero-order valence-corrected chi connectivity index (χ0v) is 18.2. The minimum absolute atomic E-state index is 0.0729. The Hall–Kier alpha value is -2.73. The number of nitrogens with one attached hydrogen (secondary N) is 2. The lowest BCUT2D eigenvalue weighted by Crippen LogP contribution is -2.45. The Kier molecular flexibility index (Phi) is 6.03. The second-order valence-corrected chi connectivity index (χ2v) is 8.34. The van der Waals surface area contributed by atoms with Crippen molar-refractivity contribution in [3.05, 3.63) is 52.5 Å². The molecule has 1 aliphatic rings. The molecular formula is C22H27ClN4O2. The monoisotopic (exact) mass is 414 g/mol. The normalized spacial score (nSPS) is 17.7. The first-order chi connectivity index (χ1) is 13.7. The van der Waals surface area contributed by atoms with Crippen molar-refractivity contribution in [2.75, 3.05) is 24.4 Å². The lowest BCUT2D eigenvalue weighted by Gasteiger charge is -2.45. The van der Waals surface area contributed by atoms with Gasteiger partial charge in [0.2, 0.25) is 0 Å². The van der Waals surface area contributed by atoms with Gasteiger partial charge in [-0.15, -0.1) is 0 Å². The largest absolute Gasteiger partial charge is 0.495 e. The highest BCUT2D eigenvalue weighted by molar-refractivity contribution is 6.33. The van der Waals surface area contributed by atoms with Crippen LogP contribution in [0.5, 0.6) is 5.75 Å². The minimum atomic E-state index is -0.463. The van der Waals surface area contributed by atoms with Gasteiger partial charge in [0.15, 0.2) is 0 Å². The summed E-state index contributed by atoms with van der Waals surface area (Å²) in [5.41, 5.74) is 6.24. The van der Waals surface area contributed by atoms with Gasteiger partial charge in [-0.3, -0.25) is 0 Å². The predicted octanol–water partition coefficient (Wildman–Crippen LogP) is 5.23. The van der Waals surface area contributed by atoms with Crippen LogP contribution < -0.4 is 20.4 Å². The molecule has 7 heteroatoms. The molecule has 0 aromatic heterocycles. The van der Waals surface area contributed by atoms with E-state index in [1.165, 1.54) is 5.56 Å². The van der Waals surface area contributed by atoms with Gasteiger partial charge >= 0.3 is 6.03 Å². The van der Waals surface area contributed by atoms with E-state index in [-0.39, 0.29) is 5.54 Å². The molecule has 2 amide bonds. The molecule has 29 heavy (non-hydrogen) atoms. The van der Waals surface area contributed by atoms with Crippen molar-refractivity contribution in [1.82, 2.24) is 5.43 Å². The zero-order valence-electron chi connectivity index (χ0n) is 17.4. The molecule has 2 aromatic rings. The van der Waals surface area contributed by atoms with Gasteiger partial charge in [-0.05, 0) is 56.0 Å². The fraction of sp³-hybridized carbons (Fsp3) is 0.364. The zero-order chi connectivity index (χ0) is 21.2. The summed E-state index contributed by atoms with van der Waals surface area (Å²) >= 11 is 6.49. The first-order valence-corrected chi connectivity index (χ1v) is 9.91. The number of halogens is 1. The molecule has 2 aromatic carbocycles. The average Bonchev–Trinajstić information content (AvgIpc) is 2.67. The third-order valence-electron chi connectivity index (χ3n) is 5.48. The summed E-state index contributed by atoms with van der Waals surface area (Å²) in [5.74, 6) is 0.979. The quantitative estimate of drug-likeness (QED) is 0.532. The van der Waals surface area contributed by atoms with Crippen LogP contribution in [0.15, 0.2) is 41.5 Å². The minimum Gasteiger partial charge on any atom is -0.495 e. The number of carbonyl (C=O) groups is 1. The van der Waals surface area contributed by atoms with Gasteiger partial charge in [-0.25, -0.2) is 10.2 Å². The van der Waals surface area contributed by atoms with Crippen LogP contribution in [0, 0.1) is 0 Å². The van der Waals surface area contributed by atoms with Crippen LogP contribution in [0.1, 0.15) is 44.2 Å². The van der Waals surface area contributed by atoms with Crippen LogP contribution >= 0.6 is 11.6 Å². The van der Waals surface area contributed by atoms with E-state index in [9.17, 15) is 4.79 Å². The molecule has 0 unspecified atom stereocenters. The number of carbonyl (C=O) groups excluding carboxylic acids is 1. The molecule has 3 rings (SSSR count). The Morgan fingerprint density at radius 1 is 1.34 bits per heavy atom. The molecule has 0 bridgehead atoms. The second kappa shape index (κ2) is 8.33. The first kappa shape index (κ1) is 21.0. The van der Waals surface area contributed by atoms with Gasteiger partial charge in [0.1, 0.15) is 5.75 Å². The van der Waals surface area contributed by atoms with Gasteiger partial charge in [0.25, 0.3) is 0 Å². The molecule has 6 nitrogen and oxygen atoms in total. The Morgan fingerprint density at radius 3 is 2.79 bits per heavy atom. The number of anilines is 2. The molecule has 0 spiro atoms. The summed E-state index contributed by atoms with van der Waals surface area (Å²) in [5, 5.41) is 7.35. The topological polar surface area (TPSA) is 66.0 Å². The standard InChI is InChI=1S/C22H27ClN4O2/c1-14-12-22(2,3)27(4)19-11-17(23)15(10-16(14)19)13-24-26-21(28)25-18-8-6-7-9-20(18)29-5/h6-11,13-14H,12H2,1-5H3,(H2,25,26,28)/b24-13+/t14-/m1/s1. The Balaban J connectivity index is 1.73. The smallest absolute Gasteiger partial charge is 0.339 e. The van der Waals surface area contributed by atoms with E-state index in [2.05, 4.69) is 54.6 Å². The Morgan fingerprint density at radius 2 is 2.07 bits per heavy atom. The summed E-state index contributed by atoms with van der Waals surface area (Å²) in [7, 11) is 3.65. The van der Waals surface area contributed by atoms with Crippen molar-refractivity contribution in [3.8, 4) is 5.75 Å². The summed E-state index contributed by atoms with van der Waals surface area (Å²) in [6.45, 7) is 6.70. The van der Waals surface area contributed by atoms with Crippen molar-refractivity contribution in [2.24, 2.45) is 5.10 Å². The van der Waals surface area contributed by atoms with E-state index < -0.39 is 6.03 Å². The van der Waals surface area contributed by atoms with Crippen LogP contribution in [0.25, 0.3) is 0 Å². The predicted molar refractivity (Wildman–Crippen MR) is 120 cm³/mol. The third-order valence-corrected chi connectivity index (χ3v) is 5.80. The van der Waals surface area contributed by atoms with E-state index in [0.717, 1.165) is 17.7 Å². The molecule has 1 atom stereocenters. The highest BCUT2D eigenvalue weighted by Crippen LogP contribution is 2.44. The first-order valence-electron chi connectivity index (χ1n) is 9.53. The van der Waals surface area contributed by atoms with Crippen molar-refractivity contribution in [1.29, 1.82) is 0 Å². The van der Waals surface area contributed by atoms with Crippen LogP contribution in [-0.2, 0) is 0 Å². The molecular weight excluding hydrogens is 388 g/mol. The van der Waals surface area contributed by atoms with Crippen molar-refractivity contribution in [3.63, 3.8) is 0 Å². The van der Waals surface area contributed by atoms with Gasteiger partial charge in [0, 0.05) is 23.8 Å². The van der Waals surface area contributed by atoms with Gasteiger partial charge in [-0.1, -0.05) is 30.7 Å². The Bertz CT molecular complexity index is 942. The van der Waals surface area contributed by atoms with E-state index in [0.29, 0.717) is 22.4 Å². The number of hydrogen-bond donors (Lipinski definition) is 2. The summed E-state index contributed by atoms with van der Waals surface area (Å²) in [6.07, 6.45) is 2.62. The molecule has 0 radical (unpaired) electrons. The summed E-state index contributed by atoms with van der Waals surface area (Å²) in [4.78, 5) is 14.4. The Labute approximate surface area is 176 Å². The van der Waals surface area contributed by atoms with Gasteiger partial charge in [-0.2, -0.15) is 5.10 Å². The number of nitrogens with zero attached hydrogens (tertiary/aromatic N) is 2. The second-order valence-electron chi connectivity index (χ2n) is 7.93. The van der Waals surface area contributed by atoms with Crippen molar-refractivity contribution < 1.29 is 9.53 Å². The third kappa shape index (κ3) is 4.48. The number of amides is 2. The fourth-order valence-electron chi connectivity index (χ4n) is 3.76. The fourth-order valence-corrected chi connectivity index (χ4v) is 3.97. The summed E-state index contributed by atoms with van der Waals surface area (Å²) in [6, 6.07) is 10.7. The van der Waals surface area contributed by atoms with E-state index in [1.807, 2.05) is 18.2 Å². The van der Waals surface area contributed by atoms with Crippen molar-refractivity contribution in [2.45, 2.75) is 38.6 Å². The number of fused-ring (bicyclic) bond motifs is 1. The number of para-hydroxylation sites is 2. The number of hydrazone groups is 1. The maximum absolute atomic E-state index is 12.1. The maximum Gasteiger partial charge on any atom is 0.339 e. The molecule has 154 valence electrons. The highest BCUT2D eigenvalue weighted by atomic mass is 35.5. The number of methoxy groups -OCH3 is 1. The highest BCUT2D eigenvalue weighted by Gasteiger charge is 2.34. The number of urea groups is 1. The van der Waals surface area contributed by atoms with E-state index >= 15 is 0 Å².